The number of aromatic amines is 2. The van der Waals surface area contributed by atoms with Crippen molar-refractivity contribution in [2.24, 2.45) is 17.9 Å². The number of nitrogens with one attached hydrogen (secondary N) is 5. The van der Waals surface area contributed by atoms with Crippen LogP contribution in [0.5, 0.6) is 0 Å². The van der Waals surface area contributed by atoms with Gasteiger partial charge in [0.25, 0.3) is 17.7 Å². The first-order valence-corrected chi connectivity index (χ1v) is 10.3. The molecule has 0 saturated carbocycles. The van der Waals surface area contributed by atoms with Gasteiger partial charge in [-0.05, 0) is 19.9 Å². The summed E-state index contributed by atoms with van der Waals surface area (Å²) < 4.78 is 1.61. The van der Waals surface area contributed by atoms with Crippen LogP contribution in [0.1, 0.15) is 49.0 Å². The van der Waals surface area contributed by atoms with Crippen molar-refractivity contribution in [2.75, 3.05) is 22.9 Å². The van der Waals surface area contributed by atoms with E-state index in [1.165, 1.54) is 12.4 Å². The van der Waals surface area contributed by atoms with Crippen LogP contribution in [0.15, 0.2) is 29.8 Å². The minimum Gasteiger partial charge on any atom is -0.409 e. The van der Waals surface area contributed by atoms with Gasteiger partial charge >= 0.3 is 0 Å². The van der Waals surface area contributed by atoms with Gasteiger partial charge in [-0.25, -0.2) is 0 Å². The molecule has 0 aromatic carbocycles. The van der Waals surface area contributed by atoms with Crippen molar-refractivity contribution in [1.29, 1.82) is 0 Å². The minimum absolute atomic E-state index is 0. The van der Waals surface area contributed by atoms with Crippen molar-refractivity contribution in [3.63, 3.8) is 0 Å². The molecule has 35 heavy (non-hydrogen) atoms. The van der Waals surface area contributed by atoms with Crippen molar-refractivity contribution in [3.05, 3.63) is 52.9 Å². The third-order valence-corrected chi connectivity index (χ3v) is 5.28. The van der Waals surface area contributed by atoms with Gasteiger partial charge in [0.15, 0.2) is 0 Å². The predicted molar refractivity (Wildman–Crippen MR) is 134 cm³/mol. The fraction of sp³-hybridized carbons (Fsp3) is 0.238. The molecular weight excluding hydrogens is 478 g/mol. The largest absolute Gasteiger partial charge is 0.409 e. The molecular formula is C21H28ClN9O4. The molecule has 0 bridgehead atoms. The molecule has 0 atom stereocenters. The zero-order chi connectivity index (χ0) is 25.0. The molecule has 3 rings (SSSR count). The number of carbonyl (C=O) groups excluding carboxylic acids is 3. The Bertz CT molecular complexity index is 1270. The number of amidine groups is 1. The molecule has 13 nitrogen and oxygen atoms in total. The summed E-state index contributed by atoms with van der Waals surface area (Å²) in [6.07, 6.45) is 4.85. The van der Waals surface area contributed by atoms with Crippen molar-refractivity contribution in [1.82, 2.24) is 19.9 Å². The molecule has 0 radical (unpaired) electrons. The molecule has 0 fully saturated rings. The van der Waals surface area contributed by atoms with E-state index in [4.69, 9.17) is 16.7 Å². The Morgan fingerprint density at radius 1 is 1.03 bits per heavy atom. The van der Waals surface area contributed by atoms with E-state index in [1.54, 1.807) is 37.7 Å². The van der Waals surface area contributed by atoms with Crippen LogP contribution >= 0.6 is 12.4 Å². The first kappa shape index (κ1) is 26.9. The molecule has 3 heterocycles. The summed E-state index contributed by atoms with van der Waals surface area (Å²) in [6, 6.07) is 1.56. The first-order chi connectivity index (χ1) is 16.1. The SMILES string of the molecule is Cc1c(NC(=O)c2[nH]cc(NC(=O)c3cc(N)cn3C)c2C)c[nH]c1C(=O)NCCC(N)=NO.Cl. The quantitative estimate of drug-likeness (QED) is 0.0986. The number of aryl methyl sites for hydroxylation is 1. The zero-order valence-electron chi connectivity index (χ0n) is 19.4. The van der Waals surface area contributed by atoms with Gasteiger partial charge in [-0.2, -0.15) is 0 Å². The summed E-state index contributed by atoms with van der Waals surface area (Å²) in [5, 5.41) is 19.5. The molecule has 0 aliphatic heterocycles. The van der Waals surface area contributed by atoms with Gasteiger partial charge in [-0.1, -0.05) is 5.16 Å². The van der Waals surface area contributed by atoms with Gasteiger partial charge in [-0.15, -0.1) is 12.4 Å². The molecule has 0 spiro atoms. The fourth-order valence-electron chi connectivity index (χ4n) is 3.35. The third kappa shape index (κ3) is 5.95. The van der Waals surface area contributed by atoms with Crippen LogP contribution in [0.3, 0.4) is 0 Å². The van der Waals surface area contributed by atoms with Crippen molar-refractivity contribution in [2.45, 2.75) is 20.3 Å². The Balaban J connectivity index is 0.00000432. The smallest absolute Gasteiger partial charge is 0.272 e. The summed E-state index contributed by atoms with van der Waals surface area (Å²) in [4.78, 5) is 43.4. The summed E-state index contributed by atoms with van der Waals surface area (Å²) in [7, 11) is 1.71. The number of nitrogens with two attached hydrogens (primary N) is 2. The lowest BCUT2D eigenvalue weighted by molar-refractivity contribution is 0.0947. The summed E-state index contributed by atoms with van der Waals surface area (Å²) in [5.74, 6) is -1.20. The number of hydrogen-bond donors (Lipinski definition) is 8. The molecule has 188 valence electrons. The summed E-state index contributed by atoms with van der Waals surface area (Å²) in [5.41, 5.74) is 14.4. The molecule has 0 aliphatic carbocycles. The second-order valence-corrected chi connectivity index (χ2v) is 7.68. The van der Waals surface area contributed by atoms with E-state index in [0.29, 0.717) is 33.9 Å². The Hall–Kier alpha value is -4.39. The van der Waals surface area contributed by atoms with Gasteiger partial charge in [0.1, 0.15) is 22.9 Å². The Kier molecular flexibility index (Phi) is 8.56. The standard InChI is InChI=1S/C21H27N9O4.ClH/c1-10-14(8-25-17(10)20(32)24-5-4-16(23)29-34)28-21(33)18-11(2)13(7-26-18)27-19(31)15-6-12(22)9-30(15)3;/h6-9,25-26,34H,4-5,22H2,1-3H3,(H2,23,29)(H,24,32)(H,27,31)(H,28,33);1H. The maximum atomic E-state index is 12.8. The lowest BCUT2D eigenvalue weighted by Crippen LogP contribution is -2.28. The molecule has 0 aliphatic rings. The average Bonchev–Trinajstić information content (AvgIpc) is 3.45. The molecule has 3 aromatic heterocycles. The predicted octanol–water partition coefficient (Wildman–Crippen LogP) is 1.67. The van der Waals surface area contributed by atoms with E-state index in [9.17, 15) is 14.4 Å². The summed E-state index contributed by atoms with van der Waals surface area (Å²) in [6.45, 7) is 3.56. The van der Waals surface area contributed by atoms with E-state index in [2.05, 4.69) is 31.1 Å². The molecule has 3 aromatic rings. The zero-order valence-corrected chi connectivity index (χ0v) is 20.2. The van der Waals surface area contributed by atoms with E-state index in [-0.39, 0.29) is 48.5 Å². The minimum atomic E-state index is -0.443. The van der Waals surface area contributed by atoms with Crippen LogP contribution < -0.4 is 27.4 Å². The number of carbonyl (C=O) groups is 3. The van der Waals surface area contributed by atoms with Gasteiger partial charge < -0.3 is 47.2 Å². The van der Waals surface area contributed by atoms with Crippen molar-refractivity contribution < 1.29 is 19.6 Å². The van der Waals surface area contributed by atoms with Crippen LogP contribution in [0.4, 0.5) is 17.1 Å². The van der Waals surface area contributed by atoms with Gasteiger partial charge in [0.2, 0.25) is 0 Å². The highest BCUT2D eigenvalue weighted by molar-refractivity contribution is 6.09. The number of aromatic nitrogens is 3. The normalized spacial score (nSPS) is 11.0. The van der Waals surface area contributed by atoms with Crippen molar-refractivity contribution >= 4 is 53.0 Å². The number of hydrogen-bond acceptors (Lipinski definition) is 6. The number of anilines is 3. The van der Waals surface area contributed by atoms with Crippen molar-refractivity contribution in [3.8, 4) is 0 Å². The Labute approximate surface area is 206 Å². The lowest BCUT2D eigenvalue weighted by atomic mass is 10.2. The monoisotopic (exact) mass is 505 g/mol. The van der Waals surface area contributed by atoms with Gasteiger partial charge in [0.05, 0.1) is 17.1 Å². The molecule has 14 heteroatoms. The first-order valence-electron chi connectivity index (χ1n) is 10.3. The van der Waals surface area contributed by atoms with Crippen LogP contribution in [-0.2, 0) is 7.05 Å². The number of amides is 3. The second kappa shape index (κ2) is 11.2. The molecule has 3 amide bonds. The lowest BCUT2D eigenvalue weighted by Gasteiger charge is -2.07. The molecule has 0 unspecified atom stereocenters. The average molecular weight is 506 g/mol. The number of nitrogens with zero attached hydrogens (tertiary/aromatic N) is 2. The van der Waals surface area contributed by atoms with Gasteiger partial charge in [0, 0.05) is 49.7 Å². The number of nitrogen functional groups attached to an aromatic ring is 1. The number of rotatable bonds is 8. The van der Waals surface area contributed by atoms with E-state index >= 15 is 0 Å². The van der Waals surface area contributed by atoms with E-state index in [0.717, 1.165) is 0 Å². The highest BCUT2D eigenvalue weighted by Crippen LogP contribution is 2.23. The number of halogens is 1. The second-order valence-electron chi connectivity index (χ2n) is 7.68. The van der Waals surface area contributed by atoms with Gasteiger partial charge in [-0.3, -0.25) is 14.4 Å². The highest BCUT2D eigenvalue weighted by Gasteiger charge is 2.20. The molecule has 10 N–H and O–H groups in total. The third-order valence-electron chi connectivity index (χ3n) is 5.28. The van der Waals surface area contributed by atoms with Crippen LogP contribution in [-0.4, -0.2) is 49.8 Å². The highest BCUT2D eigenvalue weighted by atomic mass is 35.5. The van der Waals surface area contributed by atoms with E-state index in [1.807, 2.05) is 0 Å². The van der Waals surface area contributed by atoms with Crippen LogP contribution in [0, 0.1) is 13.8 Å². The number of oxime groups is 1. The maximum Gasteiger partial charge on any atom is 0.272 e. The summed E-state index contributed by atoms with van der Waals surface area (Å²) >= 11 is 0. The van der Waals surface area contributed by atoms with Crippen LogP contribution in [0.25, 0.3) is 0 Å². The van der Waals surface area contributed by atoms with Crippen LogP contribution in [0.2, 0.25) is 0 Å². The van der Waals surface area contributed by atoms with E-state index < -0.39 is 11.8 Å². The topological polar surface area (TPSA) is 208 Å². The number of H-pyrrole nitrogens is 2. The Morgan fingerprint density at radius 3 is 2.09 bits per heavy atom. The maximum absolute atomic E-state index is 12.8. The molecule has 0 saturated heterocycles. The fourth-order valence-corrected chi connectivity index (χ4v) is 3.35. The Morgan fingerprint density at radius 2 is 1.57 bits per heavy atom.